The molecule has 0 N–H and O–H groups in total. The van der Waals surface area contributed by atoms with Gasteiger partial charge in [0.2, 0.25) is 0 Å². The first-order valence-corrected chi connectivity index (χ1v) is 5.31. The molecule has 2 atom stereocenters. The van der Waals surface area contributed by atoms with E-state index in [1.54, 1.807) is 14.2 Å². The Morgan fingerprint density at radius 2 is 1.86 bits per heavy atom. The zero-order chi connectivity index (χ0) is 10.8. The van der Waals surface area contributed by atoms with Crippen LogP contribution in [-0.2, 0) is 9.47 Å². The molecular weight excluding hydrogens is 176 g/mol. The lowest BCUT2D eigenvalue weighted by Crippen LogP contribution is -2.45. The zero-order valence-corrected chi connectivity index (χ0v) is 9.80. The van der Waals surface area contributed by atoms with Gasteiger partial charge in [0.05, 0.1) is 0 Å². The van der Waals surface area contributed by atoms with Crippen molar-refractivity contribution >= 4 is 0 Å². The fourth-order valence-electron chi connectivity index (χ4n) is 2.39. The van der Waals surface area contributed by atoms with Crippen molar-refractivity contribution in [2.24, 2.45) is 11.8 Å². The lowest BCUT2D eigenvalue weighted by atomic mass is 9.75. The summed E-state index contributed by atoms with van der Waals surface area (Å²) < 4.78 is 11.1. The number of allylic oxidation sites excluding steroid dienone is 1. The summed E-state index contributed by atoms with van der Waals surface area (Å²) in [4.78, 5) is 0. The van der Waals surface area contributed by atoms with Gasteiger partial charge in [-0.25, -0.2) is 0 Å². The third-order valence-corrected chi connectivity index (χ3v) is 3.62. The van der Waals surface area contributed by atoms with Gasteiger partial charge in [0.25, 0.3) is 0 Å². The van der Waals surface area contributed by atoms with Crippen LogP contribution < -0.4 is 0 Å². The van der Waals surface area contributed by atoms with Gasteiger partial charge in [-0.1, -0.05) is 19.1 Å². The van der Waals surface area contributed by atoms with Crippen molar-refractivity contribution in [1.82, 2.24) is 0 Å². The van der Waals surface area contributed by atoms with Crippen molar-refractivity contribution in [3.8, 4) is 0 Å². The van der Waals surface area contributed by atoms with Gasteiger partial charge in [-0.05, 0) is 25.7 Å². The van der Waals surface area contributed by atoms with E-state index in [4.69, 9.17) is 9.47 Å². The molecule has 2 nitrogen and oxygen atoms in total. The molecule has 14 heavy (non-hydrogen) atoms. The molecule has 1 aliphatic rings. The molecule has 0 amide bonds. The molecule has 2 heteroatoms. The minimum absolute atomic E-state index is 0.387. The van der Waals surface area contributed by atoms with Gasteiger partial charge >= 0.3 is 0 Å². The molecule has 0 aromatic heterocycles. The Balaban J connectivity index is 2.76. The van der Waals surface area contributed by atoms with Gasteiger partial charge < -0.3 is 9.47 Å². The molecule has 0 saturated heterocycles. The average molecular weight is 198 g/mol. The van der Waals surface area contributed by atoms with Crippen LogP contribution in [0.25, 0.3) is 0 Å². The Labute approximate surface area is 87.3 Å². The second-order valence-corrected chi connectivity index (χ2v) is 4.45. The monoisotopic (exact) mass is 198 g/mol. The molecule has 1 aliphatic carbocycles. The smallest absolute Gasteiger partial charge is 0.170 e. The predicted molar refractivity (Wildman–Crippen MR) is 58.1 cm³/mol. The lowest BCUT2D eigenvalue weighted by Gasteiger charge is -2.43. The van der Waals surface area contributed by atoms with Gasteiger partial charge in [0.1, 0.15) is 0 Å². The SMILES string of the molecule is C=C(C)C1CCC(C)C(OC)(OC)C1. The molecule has 0 bridgehead atoms. The van der Waals surface area contributed by atoms with E-state index in [1.165, 1.54) is 12.0 Å². The summed E-state index contributed by atoms with van der Waals surface area (Å²) in [5.74, 6) is 0.626. The fraction of sp³-hybridized carbons (Fsp3) is 0.833. The van der Waals surface area contributed by atoms with E-state index in [2.05, 4.69) is 20.4 Å². The van der Waals surface area contributed by atoms with Crippen molar-refractivity contribution in [3.05, 3.63) is 12.2 Å². The Morgan fingerprint density at radius 3 is 2.29 bits per heavy atom. The largest absolute Gasteiger partial charge is 0.353 e. The first-order valence-electron chi connectivity index (χ1n) is 5.31. The predicted octanol–water partition coefficient (Wildman–Crippen LogP) is 2.99. The Bertz CT molecular complexity index is 206. The Hall–Kier alpha value is -0.340. The molecule has 0 aromatic rings. The van der Waals surface area contributed by atoms with Crippen molar-refractivity contribution < 1.29 is 9.47 Å². The van der Waals surface area contributed by atoms with Crippen LogP contribution >= 0.6 is 0 Å². The summed E-state index contributed by atoms with van der Waals surface area (Å²) in [6.45, 7) is 8.32. The van der Waals surface area contributed by atoms with E-state index in [9.17, 15) is 0 Å². The highest BCUT2D eigenvalue weighted by atomic mass is 16.7. The number of hydrogen-bond acceptors (Lipinski definition) is 2. The maximum Gasteiger partial charge on any atom is 0.170 e. The summed E-state index contributed by atoms with van der Waals surface area (Å²) in [7, 11) is 3.47. The van der Waals surface area contributed by atoms with Crippen LogP contribution in [-0.4, -0.2) is 20.0 Å². The maximum atomic E-state index is 5.56. The molecule has 0 aliphatic heterocycles. The Morgan fingerprint density at radius 1 is 1.29 bits per heavy atom. The van der Waals surface area contributed by atoms with Crippen molar-refractivity contribution in [2.45, 2.75) is 38.9 Å². The van der Waals surface area contributed by atoms with Crippen LogP contribution in [0.4, 0.5) is 0 Å². The summed E-state index contributed by atoms with van der Waals surface area (Å²) >= 11 is 0. The van der Waals surface area contributed by atoms with Crippen LogP contribution in [0.3, 0.4) is 0 Å². The van der Waals surface area contributed by atoms with E-state index in [-0.39, 0.29) is 5.79 Å². The first-order chi connectivity index (χ1) is 6.55. The lowest BCUT2D eigenvalue weighted by molar-refractivity contribution is -0.256. The van der Waals surface area contributed by atoms with Gasteiger partial charge in [-0.2, -0.15) is 0 Å². The topological polar surface area (TPSA) is 18.5 Å². The Kier molecular flexibility index (Phi) is 3.73. The molecule has 0 aromatic carbocycles. The zero-order valence-electron chi connectivity index (χ0n) is 9.80. The maximum absolute atomic E-state index is 5.56. The van der Waals surface area contributed by atoms with Gasteiger partial charge in [-0.15, -0.1) is 0 Å². The molecule has 2 unspecified atom stereocenters. The molecule has 82 valence electrons. The highest BCUT2D eigenvalue weighted by molar-refractivity contribution is 5.01. The second kappa shape index (κ2) is 4.45. The van der Waals surface area contributed by atoms with Crippen LogP contribution in [0.1, 0.15) is 33.1 Å². The van der Waals surface area contributed by atoms with E-state index < -0.39 is 0 Å². The van der Waals surface area contributed by atoms with Crippen LogP contribution in [0.15, 0.2) is 12.2 Å². The normalized spacial score (nSPS) is 31.4. The summed E-state index contributed by atoms with van der Waals surface area (Å²) in [6, 6.07) is 0. The highest BCUT2D eigenvalue weighted by Gasteiger charge is 2.42. The van der Waals surface area contributed by atoms with Gasteiger partial charge in [0, 0.05) is 26.6 Å². The number of hydrogen-bond donors (Lipinski definition) is 0. The minimum Gasteiger partial charge on any atom is -0.353 e. The molecule has 0 spiro atoms. The number of rotatable bonds is 3. The van der Waals surface area contributed by atoms with Crippen LogP contribution in [0, 0.1) is 11.8 Å². The summed E-state index contributed by atoms with van der Waals surface area (Å²) in [5, 5.41) is 0. The van der Waals surface area contributed by atoms with E-state index in [0.29, 0.717) is 11.8 Å². The van der Waals surface area contributed by atoms with Crippen molar-refractivity contribution in [2.75, 3.05) is 14.2 Å². The van der Waals surface area contributed by atoms with E-state index in [1.807, 2.05) is 0 Å². The van der Waals surface area contributed by atoms with E-state index >= 15 is 0 Å². The van der Waals surface area contributed by atoms with Crippen molar-refractivity contribution in [1.29, 1.82) is 0 Å². The summed E-state index contributed by atoms with van der Waals surface area (Å²) in [5.41, 5.74) is 1.25. The third-order valence-electron chi connectivity index (χ3n) is 3.62. The standard InChI is InChI=1S/C12H22O2/c1-9(2)11-7-6-10(3)12(8-11,13-4)14-5/h10-11H,1,6-8H2,2-5H3. The third kappa shape index (κ3) is 2.01. The average Bonchev–Trinajstić information content (AvgIpc) is 2.19. The number of methoxy groups -OCH3 is 2. The summed E-state index contributed by atoms with van der Waals surface area (Å²) in [6.07, 6.45) is 3.31. The quantitative estimate of drug-likeness (QED) is 0.512. The molecule has 1 fully saturated rings. The highest BCUT2D eigenvalue weighted by Crippen LogP contribution is 2.41. The molecule has 0 heterocycles. The van der Waals surface area contributed by atoms with Gasteiger partial charge in [0.15, 0.2) is 5.79 Å². The van der Waals surface area contributed by atoms with Crippen LogP contribution in [0.5, 0.6) is 0 Å². The number of ether oxygens (including phenoxy) is 2. The molecule has 1 rings (SSSR count). The van der Waals surface area contributed by atoms with Crippen LogP contribution in [0.2, 0.25) is 0 Å². The van der Waals surface area contributed by atoms with Crippen molar-refractivity contribution in [3.63, 3.8) is 0 Å². The molecule has 0 radical (unpaired) electrons. The first kappa shape index (κ1) is 11.7. The minimum atomic E-state index is -0.387. The molecular formula is C12H22O2. The van der Waals surface area contributed by atoms with Gasteiger partial charge in [-0.3, -0.25) is 0 Å². The second-order valence-electron chi connectivity index (χ2n) is 4.45. The fourth-order valence-corrected chi connectivity index (χ4v) is 2.39. The van der Waals surface area contributed by atoms with E-state index in [0.717, 1.165) is 12.8 Å². The molecule has 1 saturated carbocycles.